The molecular formula is C20H21ClN4O2. The Hall–Kier alpha value is -2.86. The van der Waals surface area contributed by atoms with Gasteiger partial charge in [0.05, 0.1) is 17.8 Å². The first-order valence-electron chi connectivity index (χ1n) is 8.78. The zero-order valence-corrected chi connectivity index (χ0v) is 16.0. The maximum absolute atomic E-state index is 12.3. The number of hydrogen-bond acceptors (Lipinski definition) is 4. The number of benzene rings is 1. The van der Waals surface area contributed by atoms with Gasteiger partial charge in [-0.1, -0.05) is 24.6 Å². The second-order valence-electron chi connectivity index (χ2n) is 6.32. The van der Waals surface area contributed by atoms with Crippen LogP contribution in [0.2, 0.25) is 5.02 Å². The van der Waals surface area contributed by atoms with E-state index in [9.17, 15) is 9.59 Å². The van der Waals surface area contributed by atoms with Gasteiger partial charge in [-0.3, -0.25) is 14.0 Å². The summed E-state index contributed by atoms with van der Waals surface area (Å²) in [6.07, 6.45) is 2.61. The van der Waals surface area contributed by atoms with E-state index in [4.69, 9.17) is 11.6 Å². The molecule has 0 aliphatic rings. The van der Waals surface area contributed by atoms with Gasteiger partial charge in [0, 0.05) is 29.5 Å². The Balaban J connectivity index is 1.85. The third kappa shape index (κ3) is 4.46. The molecule has 27 heavy (non-hydrogen) atoms. The maximum atomic E-state index is 12.3. The predicted octanol–water partition coefficient (Wildman–Crippen LogP) is 3.41. The van der Waals surface area contributed by atoms with Crippen molar-refractivity contribution >= 4 is 28.8 Å². The van der Waals surface area contributed by atoms with Crippen LogP contribution in [0.5, 0.6) is 0 Å². The van der Waals surface area contributed by atoms with Crippen molar-refractivity contribution < 1.29 is 4.79 Å². The highest BCUT2D eigenvalue weighted by Gasteiger charge is 2.12. The molecule has 2 heterocycles. The summed E-state index contributed by atoms with van der Waals surface area (Å²) in [7, 11) is 0. The average Bonchev–Trinajstić information content (AvgIpc) is 2.65. The smallest absolute Gasteiger partial charge is 0.258 e. The van der Waals surface area contributed by atoms with E-state index in [0.717, 1.165) is 12.0 Å². The number of nitrogens with one attached hydrogen (secondary N) is 2. The number of anilines is 1. The summed E-state index contributed by atoms with van der Waals surface area (Å²) in [6.45, 7) is 4.82. The molecule has 6 nitrogen and oxygen atoms in total. The Kier molecular flexibility index (Phi) is 5.76. The van der Waals surface area contributed by atoms with E-state index in [1.54, 1.807) is 24.4 Å². The zero-order chi connectivity index (χ0) is 19.4. The number of fused-ring (bicyclic) bond motifs is 1. The number of halogens is 1. The normalized spacial score (nSPS) is 10.8. The number of nitrogens with zero attached hydrogens (tertiary/aromatic N) is 2. The molecule has 0 spiro atoms. The van der Waals surface area contributed by atoms with Gasteiger partial charge in [0.15, 0.2) is 0 Å². The van der Waals surface area contributed by atoms with Crippen molar-refractivity contribution in [2.24, 2.45) is 0 Å². The molecule has 3 rings (SSSR count). The van der Waals surface area contributed by atoms with Gasteiger partial charge in [-0.25, -0.2) is 4.98 Å². The zero-order valence-electron chi connectivity index (χ0n) is 15.3. The van der Waals surface area contributed by atoms with Crippen molar-refractivity contribution in [2.75, 3.05) is 11.9 Å². The van der Waals surface area contributed by atoms with Crippen LogP contribution in [0, 0.1) is 6.92 Å². The summed E-state index contributed by atoms with van der Waals surface area (Å²) < 4.78 is 1.52. The molecule has 2 N–H and O–H groups in total. The third-order valence-electron chi connectivity index (χ3n) is 4.08. The van der Waals surface area contributed by atoms with Crippen molar-refractivity contribution in [3.8, 4) is 0 Å². The van der Waals surface area contributed by atoms with Crippen LogP contribution in [0.25, 0.3) is 5.65 Å². The monoisotopic (exact) mass is 384 g/mol. The van der Waals surface area contributed by atoms with Crippen molar-refractivity contribution in [1.82, 2.24) is 14.7 Å². The first kappa shape index (κ1) is 18.9. The fraction of sp³-hybridized carbons (Fsp3) is 0.250. The van der Waals surface area contributed by atoms with Gasteiger partial charge in [0.25, 0.3) is 11.5 Å². The standard InChI is InChI=1S/C20H21ClN4O2/c1-3-8-22-20(27)16-6-5-14(21)9-17(16)23-11-15-10-19(26)25-12-13(2)4-7-18(25)24-15/h4-7,9-10,12,23H,3,8,11H2,1-2H3,(H,22,27). The second kappa shape index (κ2) is 8.22. The summed E-state index contributed by atoms with van der Waals surface area (Å²) in [5.74, 6) is -0.168. The molecule has 1 aromatic carbocycles. The van der Waals surface area contributed by atoms with Crippen LogP contribution in [-0.4, -0.2) is 21.8 Å². The highest BCUT2D eigenvalue weighted by Crippen LogP contribution is 2.21. The summed E-state index contributed by atoms with van der Waals surface area (Å²) in [4.78, 5) is 29.2. The summed E-state index contributed by atoms with van der Waals surface area (Å²) in [5.41, 5.74) is 3.11. The summed E-state index contributed by atoms with van der Waals surface area (Å²) in [5, 5.41) is 6.55. The summed E-state index contributed by atoms with van der Waals surface area (Å²) in [6, 6.07) is 10.3. The van der Waals surface area contributed by atoms with Crippen LogP contribution in [-0.2, 0) is 6.54 Å². The number of aryl methyl sites for hydroxylation is 1. The fourth-order valence-electron chi connectivity index (χ4n) is 2.73. The first-order chi connectivity index (χ1) is 13.0. The molecule has 0 fully saturated rings. The minimum absolute atomic E-state index is 0.146. The molecule has 2 aromatic heterocycles. The minimum atomic E-state index is -0.168. The summed E-state index contributed by atoms with van der Waals surface area (Å²) >= 11 is 6.09. The Morgan fingerprint density at radius 2 is 2.04 bits per heavy atom. The van der Waals surface area contributed by atoms with Gasteiger partial charge < -0.3 is 10.6 Å². The number of pyridine rings is 1. The fourth-order valence-corrected chi connectivity index (χ4v) is 2.90. The second-order valence-corrected chi connectivity index (χ2v) is 6.76. The van der Waals surface area contributed by atoms with E-state index in [2.05, 4.69) is 15.6 Å². The lowest BCUT2D eigenvalue weighted by Crippen LogP contribution is -2.25. The quantitative estimate of drug-likeness (QED) is 0.683. The lowest BCUT2D eigenvalue weighted by Gasteiger charge is -2.13. The molecule has 0 radical (unpaired) electrons. The topological polar surface area (TPSA) is 75.5 Å². The largest absolute Gasteiger partial charge is 0.379 e. The van der Waals surface area contributed by atoms with Crippen LogP contribution >= 0.6 is 11.6 Å². The highest BCUT2D eigenvalue weighted by atomic mass is 35.5. The third-order valence-corrected chi connectivity index (χ3v) is 4.32. The van der Waals surface area contributed by atoms with Gasteiger partial charge in [-0.05, 0) is 43.2 Å². The van der Waals surface area contributed by atoms with Crippen LogP contribution in [0.3, 0.4) is 0 Å². The van der Waals surface area contributed by atoms with Crippen LogP contribution in [0.1, 0.15) is 35.0 Å². The minimum Gasteiger partial charge on any atom is -0.379 e. The average molecular weight is 385 g/mol. The molecule has 0 saturated heterocycles. The Bertz CT molecular complexity index is 1050. The Labute approximate surface area is 162 Å². The number of rotatable bonds is 6. The number of hydrogen-bond donors (Lipinski definition) is 2. The van der Waals surface area contributed by atoms with Crippen LogP contribution < -0.4 is 16.2 Å². The SMILES string of the molecule is CCCNC(=O)c1ccc(Cl)cc1NCc1cc(=O)n2cc(C)ccc2n1. The van der Waals surface area contributed by atoms with E-state index in [-0.39, 0.29) is 11.5 Å². The Morgan fingerprint density at radius 1 is 1.22 bits per heavy atom. The Morgan fingerprint density at radius 3 is 2.81 bits per heavy atom. The molecule has 0 unspecified atom stereocenters. The van der Waals surface area contributed by atoms with E-state index >= 15 is 0 Å². The van der Waals surface area contributed by atoms with Crippen LogP contribution in [0.15, 0.2) is 47.4 Å². The molecule has 140 valence electrons. The predicted molar refractivity (Wildman–Crippen MR) is 108 cm³/mol. The molecule has 0 aliphatic heterocycles. The molecule has 0 bridgehead atoms. The van der Waals surface area contributed by atoms with Gasteiger partial charge in [-0.2, -0.15) is 0 Å². The number of aromatic nitrogens is 2. The molecular weight excluding hydrogens is 364 g/mol. The van der Waals surface area contributed by atoms with Crippen molar-refractivity contribution in [3.63, 3.8) is 0 Å². The van der Waals surface area contributed by atoms with Crippen molar-refractivity contribution in [2.45, 2.75) is 26.8 Å². The molecule has 7 heteroatoms. The van der Waals surface area contributed by atoms with Crippen LogP contribution in [0.4, 0.5) is 5.69 Å². The maximum Gasteiger partial charge on any atom is 0.258 e. The van der Waals surface area contributed by atoms with Gasteiger partial charge in [-0.15, -0.1) is 0 Å². The lowest BCUT2D eigenvalue weighted by molar-refractivity contribution is 0.0954. The van der Waals surface area contributed by atoms with E-state index < -0.39 is 0 Å². The molecule has 0 aliphatic carbocycles. The van der Waals surface area contributed by atoms with Crippen molar-refractivity contribution in [3.05, 3.63) is 74.8 Å². The van der Waals surface area contributed by atoms with E-state index in [0.29, 0.717) is 40.7 Å². The number of carbonyl (C=O) groups excluding carboxylic acids is 1. The van der Waals surface area contributed by atoms with Gasteiger partial charge in [0.1, 0.15) is 5.65 Å². The van der Waals surface area contributed by atoms with Gasteiger partial charge >= 0.3 is 0 Å². The number of carbonyl (C=O) groups is 1. The molecule has 0 saturated carbocycles. The van der Waals surface area contributed by atoms with Crippen molar-refractivity contribution in [1.29, 1.82) is 0 Å². The van der Waals surface area contributed by atoms with Gasteiger partial charge in [0.2, 0.25) is 0 Å². The van der Waals surface area contributed by atoms with E-state index in [1.165, 1.54) is 10.5 Å². The number of amides is 1. The molecule has 0 atom stereocenters. The molecule has 3 aromatic rings. The molecule has 1 amide bonds. The first-order valence-corrected chi connectivity index (χ1v) is 9.16. The van der Waals surface area contributed by atoms with E-state index in [1.807, 2.05) is 26.0 Å². The lowest BCUT2D eigenvalue weighted by atomic mass is 10.1. The highest BCUT2D eigenvalue weighted by molar-refractivity contribution is 6.31.